The number of nitrogens with one attached hydrogen (secondary N) is 2. The monoisotopic (exact) mass is 240 g/mol. The molecule has 0 aliphatic heterocycles. The number of hydrogen-bond donors (Lipinski definition) is 2. The molecule has 1 aliphatic rings. The molecule has 1 heterocycles. The smallest absolute Gasteiger partial charge is 0.242 e. The van der Waals surface area contributed by atoms with E-state index >= 15 is 0 Å². The van der Waals surface area contributed by atoms with Crippen LogP contribution in [0.15, 0.2) is 12.4 Å². The molecule has 1 unspecified atom stereocenters. The standard InChI is InChI=1S/C10H13ClN4O/c1-6(10(16)14-7-2-3-7)13-9-5-12-4-8(11)15-9/h4-7H,2-3H2,1H3,(H,13,15)(H,14,16). The van der Waals surface area contributed by atoms with Crippen molar-refractivity contribution < 1.29 is 4.79 Å². The Labute approximate surface area is 98.6 Å². The Balaban J connectivity index is 1.90. The van der Waals surface area contributed by atoms with Gasteiger partial charge in [-0.3, -0.25) is 9.78 Å². The summed E-state index contributed by atoms with van der Waals surface area (Å²) in [6.45, 7) is 1.78. The Morgan fingerprint density at radius 3 is 2.94 bits per heavy atom. The number of rotatable bonds is 4. The first-order chi connectivity index (χ1) is 7.65. The van der Waals surface area contributed by atoms with Crippen LogP contribution in [0.4, 0.5) is 5.82 Å². The minimum absolute atomic E-state index is 0.0238. The molecule has 1 amide bonds. The normalized spacial score (nSPS) is 16.6. The van der Waals surface area contributed by atoms with Crippen molar-refractivity contribution in [1.29, 1.82) is 0 Å². The second kappa shape index (κ2) is 4.65. The number of halogens is 1. The number of amides is 1. The molecule has 2 N–H and O–H groups in total. The van der Waals surface area contributed by atoms with Gasteiger partial charge < -0.3 is 10.6 Å². The molecule has 2 rings (SSSR count). The van der Waals surface area contributed by atoms with Crippen LogP contribution in [0.25, 0.3) is 0 Å². The highest BCUT2D eigenvalue weighted by molar-refractivity contribution is 6.29. The number of hydrogen-bond acceptors (Lipinski definition) is 4. The zero-order chi connectivity index (χ0) is 11.5. The Hall–Kier alpha value is -1.36. The molecule has 1 aromatic heterocycles. The van der Waals surface area contributed by atoms with Gasteiger partial charge in [0.15, 0.2) is 0 Å². The zero-order valence-corrected chi connectivity index (χ0v) is 9.66. The summed E-state index contributed by atoms with van der Waals surface area (Å²) in [5.74, 6) is 0.482. The molecule has 0 saturated heterocycles. The van der Waals surface area contributed by atoms with E-state index in [2.05, 4.69) is 20.6 Å². The second-order valence-corrected chi connectivity index (χ2v) is 4.26. The van der Waals surface area contributed by atoms with Gasteiger partial charge in [-0.2, -0.15) is 0 Å². The Bertz CT molecular complexity index is 394. The van der Waals surface area contributed by atoms with E-state index in [-0.39, 0.29) is 11.9 Å². The van der Waals surface area contributed by atoms with Crippen molar-refractivity contribution in [2.45, 2.75) is 31.8 Å². The predicted octanol–water partition coefficient (Wildman–Crippen LogP) is 1.21. The van der Waals surface area contributed by atoms with E-state index in [1.165, 1.54) is 12.4 Å². The topological polar surface area (TPSA) is 66.9 Å². The van der Waals surface area contributed by atoms with Gasteiger partial charge in [0.1, 0.15) is 17.0 Å². The molecule has 1 saturated carbocycles. The maximum absolute atomic E-state index is 11.6. The van der Waals surface area contributed by atoms with E-state index in [1.807, 2.05) is 0 Å². The molecule has 1 fully saturated rings. The van der Waals surface area contributed by atoms with Gasteiger partial charge in [-0.25, -0.2) is 4.98 Å². The van der Waals surface area contributed by atoms with Gasteiger partial charge >= 0.3 is 0 Å². The van der Waals surface area contributed by atoms with Crippen LogP contribution in [-0.4, -0.2) is 28.0 Å². The van der Waals surface area contributed by atoms with Crippen LogP contribution in [0.1, 0.15) is 19.8 Å². The van der Waals surface area contributed by atoms with Gasteiger partial charge in [-0.15, -0.1) is 0 Å². The molecule has 1 aliphatic carbocycles. The van der Waals surface area contributed by atoms with E-state index in [0.717, 1.165) is 12.8 Å². The lowest BCUT2D eigenvalue weighted by Crippen LogP contribution is -2.38. The summed E-state index contributed by atoms with van der Waals surface area (Å²) < 4.78 is 0. The molecule has 0 radical (unpaired) electrons. The van der Waals surface area contributed by atoms with Gasteiger partial charge in [0, 0.05) is 6.04 Å². The Kier molecular flexibility index (Phi) is 3.24. The van der Waals surface area contributed by atoms with Crippen molar-refractivity contribution in [2.24, 2.45) is 0 Å². The van der Waals surface area contributed by atoms with Crippen LogP contribution in [0, 0.1) is 0 Å². The van der Waals surface area contributed by atoms with Gasteiger partial charge in [0.05, 0.1) is 12.4 Å². The van der Waals surface area contributed by atoms with Crippen molar-refractivity contribution in [3.63, 3.8) is 0 Å². The fourth-order valence-corrected chi connectivity index (χ4v) is 1.40. The molecule has 16 heavy (non-hydrogen) atoms. The summed E-state index contributed by atoms with van der Waals surface area (Å²) in [6.07, 6.45) is 5.14. The first kappa shape index (κ1) is 11.1. The van der Waals surface area contributed by atoms with E-state index in [4.69, 9.17) is 11.6 Å². The number of carbonyl (C=O) groups excluding carboxylic acids is 1. The highest BCUT2D eigenvalue weighted by Gasteiger charge is 2.25. The molecule has 86 valence electrons. The third-order valence-electron chi connectivity index (χ3n) is 2.29. The minimum atomic E-state index is -0.339. The Morgan fingerprint density at radius 2 is 2.31 bits per heavy atom. The van der Waals surface area contributed by atoms with Crippen molar-refractivity contribution in [1.82, 2.24) is 15.3 Å². The molecule has 0 bridgehead atoms. The summed E-state index contributed by atoms with van der Waals surface area (Å²) in [5, 5.41) is 6.16. The van der Waals surface area contributed by atoms with E-state index in [1.54, 1.807) is 6.92 Å². The fourth-order valence-electron chi connectivity index (χ4n) is 1.25. The van der Waals surface area contributed by atoms with Gasteiger partial charge in [0.2, 0.25) is 5.91 Å². The molecular formula is C10H13ClN4O. The SMILES string of the molecule is CC(Nc1cncc(Cl)n1)C(=O)NC1CC1. The van der Waals surface area contributed by atoms with Crippen LogP contribution < -0.4 is 10.6 Å². The van der Waals surface area contributed by atoms with Crippen molar-refractivity contribution in [3.8, 4) is 0 Å². The zero-order valence-electron chi connectivity index (χ0n) is 8.90. The third-order valence-corrected chi connectivity index (χ3v) is 2.47. The first-order valence-electron chi connectivity index (χ1n) is 5.19. The van der Waals surface area contributed by atoms with E-state index in [9.17, 15) is 4.79 Å². The lowest BCUT2D eigenvalue weighted by atomic mass is 10.3. The van der Waals surface area contributed by atoms with Gasteiger partial charge in [-0.05, 0) is 19.8 Å². The molecular weight excluding hydrogens is 228 g/mol. The van der Waals surface area contributed by atoms with Crippen LogP contribution in [-0.2, 0) is 4.79 Å². The largest absolute Gasteiger partial charge is 0.357 e. The molecule has 6 heteroatoms. The average Bonchev–Trinajstić information content (AvgIpc) is 3.01. The summed E-state index contributed by atoms with van der Waals surface area (Å²) in [7, 11) is 0. The van der Waals surface area contributed by atoms with Crippen molar-refractivity contribution >= 4 is 23.3 Å². The van der Waals surface area contributed by atoms with Crippen LogP contribution in [0.2, 0.25) is 5.15 Å². The fraction of sp³-hybridized carbons (Fsp3) is 0.500. The molecule has 0 aromatic carbocycles. The maximum atomic E-state index is 11.6. The molecule has 1 atom stereocenters. The average molecular weight is 241 g/mol. The number of carbonyl (C=O) groups is 1. The lowest BCUT2D eigenvalue weighted by molar-refractivity contribution is -0.121. The molecule has 5 nitrogen and oxygen atoms in total. The van der Waals surface area contributed by atoms with Crippen LogP contribution in [0.3, 0.4) is 0 Å². The second-order valence-electron chi connectivity index (χ2n) is 3.88. The summed E-state index contributed by atoms with van der Waals surface area (Å²) in [6, 6.07) is 0.0237. The first-order valence-corrected chi connectivity index (χ1v) is 5.57. The number of nitrogens with zero attached hydrogens (tertiary/aromatic N) is 2. The lowest BCUT2D eigenvalue weighted by Gasteiger charge is -2.13. The number of aromatic nitrogens is 2. The predicted molar refractivity (Wildman–Crippen MR) is 61.3 cm³/mol. The van der Waals surface area contributed by atoms with Crippen molar-refractivity contribution in [2.75, 3.05) is 5.32 Å². The number of anilines is 1. The maximum Gasteiger partial charge on any atom is 0.242 e. The van der Waals surface area contributed by atoms with Crippen LogP contribution >= 0.6 is 11.6 Å². The van der Waals surface area contributed by atoms with Crippen molar-refractivity contribution in [3.05, 3.63) is 17.5 Å². The van der Waals surface area contributed by atoms with Gasteiger partial charge in [-0.1, -0.05) is 11.6 Å². The summed E-state index contributed by atoms with van der Waals surface area (Å²) in [5.41, 5.74) is 0. The van der Waals surface area contributed by atoms with Gasteiger partial charge in [0.25, 0.3) is 0 Å². The highest BCUT2D eigenvalue weighted by atomic mass is 35.5. The van der Waals surface area contributed by atoms with E-state index in [0.29, 0.717) is 17.0 Å². The summed E-state index contributed by atoms with van der Waals surface area (Å²) >= 11 is 5.69. The minimum Gasteiger partial charge on any atom is -0.357 e. The van der Waals surface area contributed by atoms with E-state index < -0.39 is 0 Å². The molecule has 1 aromatic rings. The quantitative estimate of drug-likeness (QED) is 0.830. The Morgan fingerprint density at radius 1 is 1.56 bits per heavy atom. The molecule has 0 spiro atoms. The summed E-state index contributed by atoms with van der Waals surface area (Å²) in [4.78, 5) is 19.5. The van der Waals surface area contributed by atoms with Crippen LogP contribution in [0.5, 0.6) is 0 Å². The highest BCUT2D eigenvalue weighted by Crippen LogP contribution is 2.18. The third kappa shape index (κ3) is 3.06.